The standard InChI is InChI=1S/C29H36N4O6S/c1-28(2,3)22-15-13-21(14-16-22)18-32(40(37,38)25-12-7-8-17-30-25)19-23-10-9-11-24(31-23)33(20-26(34)35)27(36)39-29(4,5)6/h7-17H,18-20H2,1-6H3,(H,34,35). The smallest absolute Gasteiger partial charge is 0.416 e. The van der Waals surface area contributed by atoms with Crippen molar-refractivity contribution >= 4 is 27.9 Å². The number of anilines is 1. The topological polar surface area (TPSA) is 130 Å². The predicted octanol–water partition coefficient (Wildman–Crippen LogP) is 4.99. The molecule has 0 saturated carbocycles. The first kappa shape index (κ1) is 30.7. The fourth-order valence-corrected chi connectivity index (χ4v) is 5.08. The van der Waals surface area contributed by atoms with Crippen molar-refractivity contribution in [1.82, 2.24) is 14.3 Å². The molecule has 11 heteroatoms. The number of nitrogens with zero attached hydrogens (tertiary/aromatic N) is 4. The van der Waals surface area contributed by atoms with Crippen LogP contribution in [0.25, 0.3) is 0 Å². The number of aromatic nitrogens is 2. The van der Waals surface area contributed by atoms with Gasteiger partial charge >= 0.3 is 12.1 Å². The molecule has 0 saturated heterocycles. The molecule has 2 aromatic heterocycles. The van der Waals surface area contributed by atoms with Gasteiger partial charge in [0.15, 0.2) is 5.03 Å². The van der Waals surface area contributed by atoms with Crippen LogP contribution >= 0.6 is 0 Å². The first-order chi connectivity index (χ1) is 18.6. The van der Waals surface area contributed by atoms with E-state index in [0.717, 1.165) is 16.0 Å². The van der Waals surface area contributed by atoms with Gasteiger partial charge in [-0.1, -0.05) is 57.2 Å². The van der Waals surface area contributed by atoms with E-state index in [1.54, 1.807) is 45.0 Å². The number of ether oxygens (including phenoxy) is 1. The SMILES string of the molecule is CC(C)(C)OC(=O)N(CC(=O)O)c1cccc(CN(Cc2ccc(C(C)(C)C)cc2)S(=O)(=O)c2ccccn2)n1. The molecule has 1 aromatic carbocycles. The highest BCUT2D eigenvalue weighted by molar-refractivity contribution is 7.89. The minimum Gasteiger partial charge on any atom is -0.480 e. The molecule has 1 amide bonds. The summed E-state index contributed by atoms with van der Waals surface area (Å²) >= 11 is 0. The first-order valence-electron chi connectivity index (χ1n) is 12.7. The predicted molar refractivity (Wildman–Crippen MR) is 151 cm³/mol. The number of pyridine rings is 2. The molecule has 0 fully saturated rings. The first-order valence-corrected chi connectivity index (χ1v) is 14.2. The Bertz CT molecular complexity index is 1430. The van der Waals surface area contributed by atoms with Crippen molar-refractivity contribution in [3.05, 3.63) is 83.7 Å². The van der Waals surface area contributed by atoms with Crippen LogP contribution in [-0.2, 0) is 38.1 Å². The molecule has 40 heavy (non-hydrogen) atoms. The van der Waals surface area contributed by atoms with Gasteiger partial charge in [-0.2, -0.15) is 4.31 Å². The molecule has 0 aliphatic carbocycles. The van der Waals surface area contributed by atoms with E-state index >= 15 is 0 Å². The van der Waals surface area contributed by atoms with Gasteiger partial charge in [0.2, 0.25) is 0 Å². The van der Waals surface area contributed by atoms with Crippen molar-refractivity contribution in [2.24, 2.45) is 0 Å². The normalized spacial score (nSPS) is 12.3. The number of carbonyl (C=O) groups excluding carboxylic acids is 1. The summed E-state index contributed by atoms with van der Waals surface area (Å²) in [5.41, 5.74) is 1.28. The zero-order valence-electron chi connectivity index (χ0n) is 23.7. The lowest BCUT2D eigenvalue weighted by molar-refractivity contribution is -0.135. The number of sulfonamides is 1. The molecule has 3 aromatic rings. The Balaban J connectivity index is 1.98. The van der Waals surface area contributed by atoms with Gasteiger partial charge in [0.25, 0.3) is 10.0 Å². The summed E-state index contributed by atoms with van der Waals surface area (Å²) in [4.78, 5) is 33.7. The average Bonchev–Trinajstić information content (AvgIpc) is 2.86. The van der Waals surface area contributed by atoms with Crippen LogP contribution in [0.15, 0.2) is 71.9 Å². The van der Waals surface area contributed by atoms with Crippen molar-refractivity contribution in [2.75, 3.05) is 11.4 Å². The quantitative estimate of drug-likeness (QED) is 0.382. The molecule has 3 rings (SSSR count). The van der Waals surface area contributed by atoms with E-state index < -0.39 is 34.2 Å². The maximum absolute atomic E-state index is 13.7. The number of carboxylic acid groups (broad SMARTS) is 1. The molecule has 0 aliphatic rings. The molecule has 0 spiro atoms. The van der Waals surface area contributed by atoms with Crippen LogP contribution in [0.4, 0.5) is 10.6 Å². The maximum atomic E-state index is 13.7. The van der Waals surface area contributed by atoms with Gasteiger partial charge in [0.05, 0.1) is 12.2 Å². The monoisotopic (exact) mass is 568 g/mol. The number of benzene rings is 1. The lowest BCUT2D eigenvalue weighted by atomic mass is 9.87. The van der Waals surface area contributed by atoms with E-state index in [1.165, 1.54) is 22.6 Å². The molecule has 10 nitrogen and oxygen atoms in total. The van der Waals surface area contributed by atoms with E-state index in [0.29, 0.717) is 5.69 Å². The van der Waals surface area contributed by atoms with E-state index in [2.05, 4.69) is 30.7 Å². The van der Waals surface area contributed by atoms with Crippen molar-refractivity contribution in [1.29, 1.82) is 0 Å². The van der Waals surface area contributed by atoms with Crippen LogP contribution in [0.1, 0.15) is 58.4 Å². The molecule has 0 radical (unpaired) electrons. The van der Waals surface area contributed by atoms with Crippen molar-refractivity contribution in [3.8, 4) is 0 Å². The third kappa shape index (κ3) is 8.33. The molecule has 0 unspecified atom stereocenters. The number of rotatable bonds is 9. The highest BCUT2D eigenvalue weighted by atomic mass is 32.2. The highest BCUT2D eigenvalue weighted by Crippen LogP contribution is 2.25. The second-order valence-corrected chi connectivity index (χ2v) is 13.2. The maximum Gasteiger partial charge on any atom is 0.416 e. The molecule has 0 aliphatic heterocycles. The summed E-state index contributed by atoms with van der Waals surface area (Å²) in [5.74, 6) is -1.23. The van der Waals surface area contributed by atoms with Crippen LogP contribution in [-0.4, -0.2) is 52.0 Å². The Morgan fingerprint density at radius 1 is 0.900 bits per heavy atom. The third-order valence-electron chi connectivity index (χ3n) is 5.74. The second-order valence-electron chi connectivity index (χ2n) is 11.3. The van der Waals surface area contributed by atoms with Crippen LogP contribution in [0, 0.1) is 0 Å². The van der Waals surface area contributed by atoms with Gasteiger partial charge in [0, 0.05) is 12.7 Å². The summed E-state index contributed by atoms with van der Waals surface area (Å²) in [5, 5.41) is 9.29. The molecule has 0 atom stereocenters. The summed E-state index contributed by atoms with van der Waals surface area (Å²) in [7, 11) is -4.05. The van der Waals surface area contributed by atoms with Crippen molar-refractivity contribution < 1.29 is 27.9 Å². The lowest BCUT2D eigenvalue weighted by Gasteiger charge is -2.26. The van der Waals surface area contributed by atoms with Crippen LogP contribution < -0.4 is 4.90 Å². The van der Waals surface area contributed by atoms with Crippen LogP contribution in [0.5, 0.6) is 0 Å². The number of hydrogen-bond donors (Lipinski definition) is 1. The van der Waals surface area contributed by atoms with Crippen molar-refractivity contribution in [2.45, 2.75) is 70.7 Å². The van der Waals surface area contributed by atoms with Crippen molar-refractivity contribution in [3.63, 3.8) is 0 Å². The summed E-state index contributed by atoms with van der Waals surface area (Å²) < 4.78 is 34.0. The minimum absolute atomic E-state index is 0.0267. The zero-order chi connectivity index (χ0) is 29.7. The highest BCUT2D eigenvalue weighted by Gasteiger charge is 2.29. The Morgan fingerprint density at radius 3 is 2.12 bits per heavy atom. The fourth-order valence-electron chi connectivity index (χ4n) is 3.75. The zero-order valence-corrected chi connectivity index (χ0v) is 24.5. The third-order valence-corrected chi connectivity index (χ3v) is 7.44. The van der Waals surface area contributed by atoms with Gasteiger partial charge in [0.1, 0.15) is 18.0 Å². The lowest BCUT2D eigenvalue weighted by Crippen LogP contribution is -2.40. The summed E-state index contributed by atoms with van der Waals surface area (Å²) in [6.07, 6.45) is 0.531. The Morgan fingerprint density at radius 2 is 1.57 bits per heavy atom. The number of carbonyl (C=O) groups is 2. The van der Waals surface area contributed by atoms with E-state index in [-0.39, 0.29) is 29.3 Å². The Hall–Kier alpha value is -3.83. The van der Waals surface area contributed by atoms with Gasteiger partial charge < -0.3 is 9.84 Å². The Kier molecular flexibility index (Phi) is 9.32. The van der Waals surface area contributed by atoms with Gasteiger partial charge in [-0.3, -0.25) is 9.69 Å². The summed E-state index contributed by atoms with van der Waals surface area (Å²) in [6.45, 7) is 10.5. The molecule has 0 bridgehead atoms. The van der Waals surface area contributed by atoms with Crippen LogP contribution in [0.3, 0.4) is 0 Å². The van der Waals surface area contributed by atoms with E-state index in [4.69, 9.17) is 4.74 Å². The fraction of sp³-hybridized carbons (Fsp3) is 0.379. The Labute approximate surface area is 235 Å². The molecular formula is C29H36N4O6S. The molecular weight excluding hydrogens is 532 g/mol. The number of carboxylic acids is 1. The molecule has 214 valence electrons. The van der Waals surface area contributed by atoms with Crippen LogP contribution in [0.2, 0.25) is 0 Å². The largest absolute Gasteiger partial charge is 0.480 e. The number of aliphatic carboxylic acids is 1. The average molecular weight is 569 g/mol. The van der Waals surface area contributed by atoms with Gasteiger partial charge in [-0.25, -0.2) is 23.2 Å². The number of amides is 1. The molecule has 2 heterocycles. The van der Waals surface area contributed by atoms with Gasteiger partial charge in [-0.15, -0.1) is 0 Å². The van der Waals surface area contributed by atoms with Gasteiger partial charge in [-0.05, 0) is 61.6 Å². The van der Waals surface area contributed by atoms with E-state index in [1.807, 2.05) is 24.3 Å². The number of hydrogen-bond acceptors (Lipinski definition) is 7. The molecule has 1 N–H and O–H groups in total. The minimum atomic E-state index is -4.05. The van der Waals surface area contributed by atoms with E-state index in [9.17, 15) is 23.1 Å². The second kappa shape index (κ2) is 12.1. The summed E-state index contributed by atoms with van der Waals surface area (Å²) in [6, 6.07) is 17.1.